The van der Waals surface area contributed by atoms with Gasteiger partial charge >= 0.3 is 0 Å². The van der Waals surface area contributed by atoms with Crippen LogP contribution in [0, 0.1) is 12.8 Å². The molecule has 2 N–H and O–H groups in total. The molecule has 0 aliphatic carbocycles. The van der Waals surface area contributed by atoms with Gasteiger partial charge in [0.2, 0.25) is 0 Å². The van der Waals surface area contributed by atoms with Gasteiger partial charge in [-0.25, -0.2) is 0 Å². The van der Waals surface area contributed by atoms with E-state index in [1.807, 2.05) is 6.92 Å². The summed E-state index contributed by atoms with van der Waals surface area (Å²) in [6.07, 6.45) is 3.76. The molecule has 2 heterocycles. The number of hydrogen-bond acceptors (Lipinski definition) is 2. The van der Waals surface area contributed by atoms with Crippen molar-refractivity contribution in [3.8, 4) is 5.75 Å². The molecule has 0 radical (unpaired) electrons. The van der Waals surface area contributed by atoms with E-state index in [-0.39, 0.29) is 0 Å². The first kappa shape index (κ1) is 13.5. The van der Waals surface area contributed by atoms with Crippen molar-refractivity contribution in [3.63, 3.8) is 0 Å². The van der Waals surface area contributed by atoms with Crippen molar-refractivity contribution >= 4 is 10.9 Å². The van der Waals surface area contributed by atoms with Crippen LogP contribution in [0.5, 0.6) is 5.75 Å². The molecule has 0 atom stereocenters. The molecule has 3 nitrogen and oxygen atoms in total. The van der Waals surface area contributed by atoms with Crippen LogP contribution < -0.4 is 10.1 Å². The summed E-state index contributed by atoms with van der Waals surface area (Å²) in [5.74, 6) is 1.79. The Balaban J connectivity index is 1.91. The molecule has 108 valence electrons. The molecule has 20 heavy (non-hydrogen) atoms. The maximum atomic E-state index is 5.64. The molecule has 2 aromatic rings. The smallest absolute Gasteiger partial charge is 0.120 e. The lowest BCUT2D eigenvalue weighted by atomic mass is 9.90. The zero-order valence-corrected chi connectivity index (χ0v) is 12.5. The first-order valence-corrected chi connectivity index (χ1v) is 7.72. The fourth-order valence-corrected chi connectivity index (χ4v) is 3.26. The van der Waals surface area contributed by atoms with Crippen LogP contribution >= 0.6 is 0 Å². The van der Waals surface area contributed by atoms with E-state index in [1.165, 1.54) is 41.4 Å². The summed E-state index contributed by atoms with van der Waals surface area (Å²) in [6, 6.07) is 6.38. The Hall–Kier alpha value is -1.48. The van der Waals surface area contributed by atoms with Crippen LogP contribution in [-0.4, -0.2) is 24.7 Å². The van der Waals surface area contributed by atoms with Crippen LogP contribution in [0.2, 0.25) is 0 Å². The number of hydrogen-bond donors (Lipinski definition) is 2. The van der Waals surface area contributed by atoms with E-state index in [4.69, 9.17) is 4.74 Å². The molecule has 0 unspecified atom stereocenters. The minimum Gasteiger partial charge on any atom is -0.494 e. The minimum absolute atomic E-state index is 0.721. The average Bonchev–Trinajstić information content (AvgIpc) is 2.77. The van der Waals surface area contributed by atoms with Crippen LogP contribution in [0.15, 0.2) is 18.2 Å². The lowest BCUT2D eigenvalue weighted by Gasteiger charge is -2.22. The van der Waals surface area contributed by atoms with Crippen molar-refractivity contribution in [2.24, 2.45) is 5.92 Å². The molecule has 1 fully saturated rings. The van der Waals surface area contributed by atoms with E-state index in [9.17, 15) is 0 Å². The summed E-state index contributed by atoms with van der Waals surface area (Å²) in [5.41, 5.74) is 4.02. The van der Waals surface area contributed by atoms with Gasteiger partial charge in [0.1, 0.15) is 5.75 Å². The highest BCUT2D eigenvalue weighted by Crippen LogP contribution is 2.30. The SMILES string of the molecule is CCOc1ccc2[nH]c(C)c(CC3CCNCC3)c2c1. The largest absolute Gasteiger partial charge is 0.494 e. The van der Waals surface area contributed by atoms with Gasteiger partial charge in [-0.15, -0.1) is 0 Å². The Morgan fingerprint density at radius 2 is 2.05 bits per heavy atom. The van der Waals surface area contributed by atoms with Crippen LogP contribution in [-0.2, 0) is 6.42 Å². The van der Waals surface area contributed by atoms with E-state index in [2.05, 4.69) is 35.4 Å². The number of rotatable bonds is 4. The van der Waals surface area contributed by atoms with E-state index in [0.717, 1.165) is 31.4 Å². The maximum Gasteiger partial charge on any atom is 0.120 e. The fourth-order valence-electron chi connectivity index (χ4n) is 3.26. The molecule has 1 aliphatic rings. The van der Waals surface area contributed by atoms with Gasteiger partial charge in [-0.2, -0.15) is 0 Å². The average molecular weight is 272 g/mol. The molecular weight excluding hydrogens is 248 g/mol. The lowest BCUT2D eigenvalue weighted by molar-refractivity contribution is 0.340. The summed E-state index contributed by atoms with van der Waals surface area (Å²) in [6.45, 7) is 7.27. The first-order chi connectivity index (χ1) is 9.78. The highest BCUT2D eigenvalue weighted by Gasteiger charge is 2.17. The van der Waals surface area contributed by atoms with Gasteiger partial charge in [0, 0.05) is 16.6 Å². The summed E-state index contributed by atoms with van der Waals surface area (Å²) < 4.78 is 5.64. The van der Waals surface area contributed by atoms with E-state index < -0.39 is 0 Å². The molecule has 0 amide bonds. The zero-order valence-electron chi connectivity index (χ0n) is 12.5. The van der Waals surface area contributed by atoms with E-state index in [1.54, 1.807) is 0 Å². The Morgan fingerprint density at radius 1 is 1.25 bits per heavy atom. The van der Waals surface area contributed by atoms with Crippen molar-refractivity contribution in [3.05, 3.63) is 29.5 Å². The second-order valence-electron chi connectivity index (χ2n) is 5.77. The zero-order chi connectivity index (χ0) is 13.9. The van der Waals surface area contributed by atoms with Gasteiger partial charge < -0.3 is 15.0 Å². The maximum absolute atomic E-state index is 5.64. The summed E-state index contributed by atoms with van der Waals surface area (Å²) in [7, 11) is 0. The minimum atomic E-state index is 0.721. The summed E-state index contributed by atoms with van der Waals surface area (Å²) in [5, 5.41) is 4.78. The Morgan fingerprint density at radius 3 is 2.80 bits per heavy atom. The van der Waals surface area contributed by atoms with Crippen molar-refractivity contribution < 1.29 is 4.74 Å². The molecule has 1 aliphatic heterocycles. The second-order valence-corrected chi connectivity index (χ2v) is 5.77. The van der Waals surface area contributed by atoms with E-state index >= 15 is 0 Å². The Kier molecular flexibility index (Phi) is 3.97. The molecule has 0 spiro atoms. The number of ether oxygens (including phenoxy) is 1. The highest BCUT2D eigenvalue weighted by molar-refractivity contribution is 5.86. The molecule has 1 saturated heterocycles. The molecule has 1 aromatic heterocycles. The van der Waals surface area contributed by atoms with Gasteiger partial charge in [0.05, 0.1) is 6.61 Å². The molecule has 0 saturated carbocycles. The van der Waals surface area contributed by atoms with Crippen molar-refractivity contribution in [1.82, 2.24) is 10.3 Å². The first-order valence-electron chi connectivity index (χ1n) is 7.72. The summed E-state index contributed by atoms with van der Waals surface area (Å²) >= 11 is 0. The van der Waals surface area contributed by atoms with Crippen molar-refractivity contribution in [1.29, 1.82) is 0 Å². The molecular formula is C17H24N2O. The van der Waals surface area contributed by atoms with Gasteiger partial charge in [-0.3, -0.25) is 0 Å². The fraction of sp³-hybridized carbons (Fsp3) is 0.529. The number of aryl methyl sites for hydroxylation is 1. The van der Waals surface area contributed by atoms with Crippen molar-refractivity contribution in [2.45, 2.75) is 33.1 Å². The number of H-pyrrole nitrogens is 1. The molecule has 3 heteroatoms. The number of aromatic nitrogens is 1. The number of fused-ring (bicyclic) bond motifs is 1. The van der Waals surface area contributed by atoms with Crippen LogP contribution in [0.4, 0.5) is 0 Å². The number of nitrogens with one attached hydrogen (secondary N) is 2. The van der Waals surface area contributed by atoms with Gasteiger partial charge in [-0.05, 0) is 75.9 Å². The third kappa shape index (κ3) is 2.68. The number of benzene rings is 1. The van der Waals surface area contributed by atoms with Crippen LogP contribution in [0.3, 0.4) is 0 Å². The predicted octanol–water partition coefficient (Wildman–Crippen LogP) is 3.42. The Labute approximate surface area is 120 Å². The normalized spacial score (nSPS) is 16.7. The number of aromatic amines is 1. The standard InChI is InChI=1S/C17H24N2O/c1-3-20-14-4-5-17-16(11-14)15(12(2)19-17)10-13-6-8-18-9-7-13/h4-5,11,13,18-19H,3,6-10H2,1-2H3. The second kappa shape index (κ2) is 5.88. The highest BCUT2D eigenvalue weighted by atomic mass is 16.5. The van der Waals surface area contributed by atoms with Crippen molar-refractivity contribution in [2.75, 3.05) is 19.7 Å². The van der Waals surface area contributed by atoms with Gasteiger partial charge in [0.15, 0.2) is 0 Å². The topological polar surface area (TPSA) is 37.0 Å². The lowest BCUT2D eigenvalue weighted by Crippen LogP contribution is -2.28. The third-order valence-corrected chi connectivity index (χ3v) is 4.35. The number of piperidine rings is 1. The van der Waals surface area contributed by atoms with Crippen LogP contribution in [0.25, 0.3) is 10.9 Å². The molecule has 1 aromatic carbocycles. The Bertz CT molecular complexity index is 582. The van der Waals surface area contributed by atoms with Gasteiger partial charge in [0.25, 0.3) is 0 Å². The van der Waals surface area contributed by atoms with Gasteiger partial charge in [-0.1, -0.05) is 0 Å². The van der Waals surface area contributed by atoms with E-state index in [0.29, 0.717) is 0 Å². The van der Waals surface area contributed by atoms with Crippen LogP contribution in [0.1, 0.15) is 31.0 Å². The molecule has 3 rings (SSSR count). The predicted molar refractivity (Wildman–Crippen MR) is 83.5 cm³/mol. The quantitative estimate of drug-likeness (QED) is 0.895. The molecule has 0 bridgehead atoms. The monoisotopic (exact) mass is 272 g/mol. The summed E-state index contributed by atoms with van der Waals surface area (Å²) in [4.78, 5) is 3.51. The third-order valence-electron chi connectivity index (χ3n) is 4.35.